The van der Waals surface area contributed by atoms with Crippen LogP contribution in [0.3, 0.4) is 0 Å². The second-order valence-corrected chi connectivity index (χ2v) is 16.3. The Morgan fingerprint density at radius 2 is 0.729 bits per heavy atom. The van der Waals surface area contributed by atoms with E-state index in [-0.39, 0.29) is 0 Å². The topological polar surface area (TPSA) is 51.8 Å². The van der Waals surface area contributed by atoms with Crippen LogP contribution in [0.25, 0.3) is 89.5 Å². The maximum atomic E-state index is 6.64. The summed E-state index contributed by atoms with van der Waals surface area (Å²) in [6.45, 7) is 0. The Bertz CT molecular complexity index is 3010. The number of rotatable bonds is 6. The van der Waals surface area contributed by atoms with Crippen molar-refractivity contribution in [3.63, 3.8) is 0 Å². The monoisotopic (exact) mass is 747 g/mol. The van der Waals surface area contributed by atoms with Crippen molar-refractivity contribution in [2.24, 2.45) is 0 Å². The fourth-order valence-corrected chi connectivity index (χ4v) is 8.93. The van der Waals surface area contributed by atoms with Crippen molar-refractivity contribution in [3.8, 4) is 67.5 Å². The smallest absolute Gasteiger partial charge is 0.164 e. The van der Waals surface area contributed by atoms with Crippen molar-refractivity contribution in [3.05, 3.63) is 115 Å². The van der Waals surface area contributed by atoms with E-state index in [0.717, 1.165) is 49.8 Å². The van der Waals surface area contributed by atoms with Crippen LogP contribution < -0.4 is 54.6 Å². The molecular formula is C45H39B10N3O. The largest absolute Gasteiger partial charge is 0.456 e. The predicted molar refractivity (Wildman–Crippen MR) is 282 cm³/mol. The zero-order valence-electron chi connectivity index (χ0n) is 35.7. The molecule has 0 radical (unpaired) electrons. The van der Waals surface area contributed by atoms with Gasteiger partial charge in [0.2, 0.25) is 0 Å². The minimum atomic E-state index is 0.629. The highest BCUT2D eigenvalue weighted by atomic mass is 16.3. The van der Waals surface area contributed by atoms with E-state index >= 15 is 0 Å². The first-order valence-electron chi connectivity index (χ1n) is 20.5. The van der Waals surface area contributed by atoms with Gasteiger partial charge in [-0.3, -0.25) is 0 Å². The first kappa shape index (κ1) is 38.5. The van der Waals surface area contributed by atoms with Gasteiger partial charge in [-0.05, 0) is 51.6 Å². The second kappa shape index (κ2) is 15.0. The second-order valence-electron chi connectivity index (χ2n) is 16.3. The lowest BCUT2D eigenvalue weighted by atomic mass is 9.60. The van der Waals surface area contributed by atoms with Gasteiger partial charge in [0, 0.05) is 27.5 Å². The van der Waals surface area contributed by atoms with E-state index in [1.165, 1.54) is 76.9 Å². The Labute approximate surface area is 355 Å². The summed E-state index contributed by atoms with van der Waals surface area (Å²) in [4.78, 5) is 15.8. The van der Waals surface area contributed by atoms with Gasteiger partial charge in [0.25, 0.3) is 0 Å². The minimum Gasteiger partial charge on any atom is -0.456 e. The van der Waals surface area contributed by atoms with Crippen molar-refractivity contribution in [1.82, 2.24) is 15.0 Å². The predicted octanol–water partition coefficient (Wildman–Crippen LogP) is -5.64. The molecule has 0 aliphatic heterocycles. The first-order chi connectivity index (χ1) is 28.4. The summed E-state index contributed by atoms with van der Waals surface area (Å²) < 4.78 is 6.64. The Hall–Kier alpha value is -6.00. The number of hydrogen-bond acceptors (Lipinski definition) is 4. The molecule has 0 spiro atoms. The van der Waals surface area contributed by atoms with Crippen LogP contribution in [0.2, 0.25) is 0 Å². The molecule has 0 amide bonds. The number of fused-ring (bicyclic) bond motifs is 3. The molecule has 0 fully saturated rings. The van der Waals surface area contributed by atoms with E-state index < -0.39 is 0 Å². The number of hydrogen-bond donors (Lipinski definition) is 0. The van der Waals surface area contributed by atoms with Crippen molar-refractivity contribution >= 4 is 155 Å². The van der Waals surface area contributed by atoms with E-state index in [1.807, 2.05) is 0 Å². The third-order valence-corrected chi connectivity index (χ3v) is 13.4. The molecule has 0 saturated carbocycles. The Morgan fingerprint density at radius 1 is 0.322 bits per heavy atom. The van der Waals surface area contributed by atoms with E-state index in [1.54, 1.807) is 0 Å². The number of aromatic nitrogens is 3. The van der Waals surface area contributed by atoms with Crippen LogP contribution in [-0.4, -0.2) is 93.4 Å². The fraction of sp³-hybridized carbons (Fsp3) is 0. The van der Waals surface area contributed by atoms with Gasteiger partial charge in [-0.15, -0.1) is 32.8 Å². The standard InChI is InChI=1S/C45H39B10N3O/c46-33-31(34(47)38(51)41(54)37(33)50)44-56-43(57-45(58-44)32-35(48)39(52)42(55)40(53)36(32)49)25-17-18-27-29(19-25)59-28-8-4-7-26(30(27)28)24-15-13-23(14-16-24)22-11-9-21(10-12-22)20-5-2-1-3-6-20/h1-19H,46-55H2. The molecule has 0 aliphatic rings. The van der Waals surface area contributed by atoms with Crippen LogP contribution in [0.5, 0.6) is 0 Å². The molecule has 59 heavy (non-hydrogen) atoms. The minimum absolute atomic E-state index is 0.629. The number of furan rings is 1. The van der Waals surface area contributed by atoms with Crippen LogP contribution in [0, 0.1) is 0 Å². The van der Waals surface area contributed by atoms with Crippen LogP contribution in [0.15, 0.2) is 120 Å². The Morgan fingerprint density at radius 3 is 1.22 bits per heavy atom. The number of benzene rings is 7. The molecule has 0 atom stereocenters. The Kier molecular flexibility index (Phi) is 9.78. The molecule has 0 bridgehead atoms. The summed E-state index contributed by atoms with van der Waals surface area (Å²) in [5.74, 6) is 2.02. The molecule has 0 N–H and O–H groups in total. The van der Waals surface area contributed by atoms with Crippen LogP contribution in [-0.2, 0) is 0 Å². The molecule has 0 aliphatic carbocycles. The number of nitrogens with zero attached hydrogens (tertiary/aromatic N) is 3. The van der Waals surface area contributed by atoms with Crippen LogP contribution >= 0.6 is 0 Å². The van der Waals surface area contributed by atoms with Gasteiger partial charge in [0.15, 0.2) is 17.5 Å². The molecule has 0 unspecified atom stereocenters. The molecule has 9 aromatic rings. The molecule has 9 rings (SSSR count). The van der Waals surface area contributed by atoms with Crippen molar-refractivity contribution in [2.75, 3.05) is 0 Å². The summed E-state index contributed by atoms with van der Waals surface area (Å²) in [5, 5.41) is 2.15. The van der Waals surface area contributed by atoms with Gasteiger partial charge >= 0.3 is 0 Å². The maximum absolute atomic E-state index is 6.64. The summed E-state index contributed by atoms with van der Waals surface area (Å²) in [6.07, 6.45) is 0. The van der Waals surface area contributed by atoms with Crippen LogP contribution in [0.4, 0.5) is 0 Å². The lowest BCUT2D eigenvalue weighted by molar-refractivity contribution is 0.669. The van der Waals surface area contributed by atoms with Gasteiger partial charge in [-0.2, -0.15) is 0 Å². The van der Waals surface area contributed by atoms with Crippen molar-refractivity contribution in [2.45, 2.75) is 0 Å². The molecule has 0 saturated heterocycles. The van der Waals surface area contributed by atoms with Gasteiger partial charge in [-0.25, -0.2) is 15.0 Å². The van der Waals surface area contributed by atoms with E-state index in [4.69, 9.17) is 19.4 Å². The van der Waals surface area contributed by atoms with Gasteiger partial charge < -0.3 is 4.42 Å². The third-order valence-electron chi connectivity index (χ3n) is 13.4. The summed E-state index contributed by atoms with van der Waals surface area (Å²) >= 11 is 0. The lowest BCUT2D eigenvalue weighted by Crippen LogP contribution is -2.55. The third kappa shape index (κ3) is 6.54. The summed E-state index contributed by atoms with van der Waals surface area (Å²) in [6, 6.07) is 40.9. The Balaban J connectivity index is 1.15. The molecule has 14 heteroatoms. The molecule has 4 nitrogen and oxygen atoms in total. The molecule has 2 aromatic heterocycles. The fourth-order valence-electron chi connectivity index (χ4n) is 8.93. The van der Waals surface area contributed by atoms with Crippen molar-refractivity contribution in [1.29, 1.82) is 0 Å². The van der Waals surface area contributed by atoms with Gasteiger partial charge in [0.1, 0.15) is 89.6 Å². The summed E-state index contributed by atoms with van der Waals surface area (Å²) in [7, 11) is 22.0. The van der Waals surface area contributed by atoms with E-state index in [2.05, 4.69) is 194 Å². The molecular weight excluding hydrogens is 707 g/mol. The highest BCUT2D eigenvalue weighted by molar-refractivity contribution is 6.69. The van der Waals surface area contributed by atoms with E-state index in [0.29, 0.717) is 17.5 Å². The quantitative estimate of drug-likeness (QED) is 0.160. The van der Waals surface area contributed by atoms with Gasteiger partial charge in [0.05, 0.1) is 0 Å². The summed E-state index contributed by atoms with van der Waals surface area (Å²) in [5.41, 5.74) is 24.3. The average Bonchev–Trinajstić information content (AvgIpc) is 3.65. The SMILES string of the molecule is Bc1c(B)c(B)c(-c2nc(-c3ccc4c(c3)oc3cccc(-c5ccc(-c6ccc(-c7ccccc7)cc6)cc5)c34)nc(-c3c(B)c(B)c(B)c(B)c3B)n2)c(B)c1B. The van der Waals surface area contributed by atoms with Crippen molar-refractivity contribution < 1.29 is 4.42 Å². The normalized spacial score (nSPS) is 11.4. The molecule has 7 aromatic carbocycles. The highest BCUT2D eigenvalue weighted by Crippen LogP contribution is 2.39. The average molecular weight is 746 g/mol. The zero-order valence-corrected chi connectivity index (χ0v) is 35.7. The van der Waals surface area contributed by atoms with Crippen LogP contribution in [0.1, 0.15) is 0 Å². The molecule has 270 valence electrons. The zero-order chi connectivity index (χ0) is 41.3. The van der Waals surface area contributed by atoms with E-state index in [9.17, 15) is 0 Å². The lowest BCUT2D eigenvalue weighted by Gasteiger charge is -2.22. The maximum Gasteiger partial charge on any atom is 0.164 e. The highest BCUT2D eigenvalue weighted by Gasteiger charge is 2.22. The van der Waals surface area contributed by atoms with Gasteiger partial charge in [-0.1, -0.05) is 119 Å². The molecule has 2 heterocycles. The first-order valence-corrected chi connectivity index (χ1v) is 20.5.